The van der Waals surface area contributed by atoms with Crippen LogP contribution in [-0.4, -0.2) is 0 Å². The van der Waals surface area contributed by atoms with Gasteiger partial charge in [0.05, 0.1) is 0 Å². The minimum Gasteiger partial charge on any atom is -0.455 e. The Morgan fingerprint density at radius 3 is 1.27 bits per heavy atom. The third-order valence-electron chi connectivity index (χ3n) is 17.7. The molecule has 0 bridgehead atoms. The fraction of sp³-hybridized carbons (Fsp3) is 0. The highest BCUT2D eigenvalue weighted by Crippen LogP contribution is 2.47. The van der Waals surface area contributed by atoms with Gasteiger partial charge in [-0.05, 0) is 150 Å². The molecule has 0 spiro atoms. The molecule has 0 saturated heterocycles. The molecule has 0 unspecified atom stereocenters. The van der Waals surface area contributed by atoms with Crippen molar-refractivity contribution in [3.8, 4) is 66.8 Å². The number of hydrogen-bond acceptors (Lipinski definition) is 2. The van der Waals surface area contributed by atoms with E-state index in [-0.39, 0.29) is 0 Å². The molecule has 0 N–H and O–H groups in total. The topological polar surface area (TPSA) is 13.1 Å². The maximum atomic E-state index is 6.33. The van der Waals surface area contributed by atoms with E-state index in [2.05, 4.69) is 303 Å². The number of para-hydroxylation sites is 2. The first-order chi connectivity index (χ1) is 42.7. The Bertz CT molecular complexity index is 5610. The van der Waals surface area contributed by atoms with Gasteiger partial charge in [0.25, 0.3) is 0 Å². The molecule has 400 valence electrons. The van der Waals surface area contributed by atoms with Crippen molar-refractivity contribution in [2.24, 2.45) is 0 Å². The molecule has 2 heterocycles. The van der Waals surface area contributed by atoms with Gasteiger partial charge < -0.3 is 4.42 Å². The maximum Gasteiger partial charge on any atom is 0.143 e. The SMILES string of the molecule is c1cc(-c2ccc3c4ccccc4c4ccccc4c3c2)cc(-c2cccc3c2oc2ccccc23)c1.c1ccc2c(-c3ccc(-c4c5ccccc5c(-c5ccc(-c6cccc7c6sc6ccccc67)cc5)c5ccccc45)cc3)cccc2c1. The van der Waals surface area contributed by atoms with E-state index in [1.165, 1.54) is 140 Å². The first-order valence-corrected chi connectivity index (χ1v) is 30.4. The summed E-state index contributed by atoms with van der Waals surface area (Å²) in [6, 6.07) is 115. The van der Waals surface area contributed by atoms with Crippen LogP contribution in [0.25, 0.3) is 174 Å². The van der Waals surface area contributed by atoms with Crippen LogP contribution in [0.15, 0.2) is 320 Å². The summed E-state index contributed by atoms with van der Waals surface area (Å²) in [5.74, 6) is 0. The van der Waals surface area contributed by atoms with Gasteiger partial charge in [0, 0.05) is 36.5 Å². The monoisotopic (exact) mass is 1110 g/mol. The van der Waals surface area contributed by atoms with Crippen molar-refractivity contribution in [1.29, 1.82) is 0 Å². The van der Waals surface area contributed by atoms with E-state index in [0.717, 1.165) is 33.1 Å². The van der Waals surface area contributed by atoms with Crippen molar-refractivity contribution in [2.45, 2.75) is 0 Å². The van der Waals surface area contributed by atoms with Crippen LogP contribution in [0.5, 0.6) is 0 Å². The van der Waals surface area contributed by atoms with E-state index in [1.807, 2.05) is 23.5 Å². The van der Waals surface area contributed by atoms with E-state index in [1.54, 1.807) is 0 Å². The van der Waals surface area contributed by atoms with E-state index < -0.39 is 0 Å². The Hall–Kier alpha value is -10.9. The molecule has 86 heavy (non-hydrogen) atoms. The first-order valence-electron chi connectivity index (χ1n) is 29.5. The predicted octanol–water partition coefficient (Wildman–Crippen LogP) is 24.6. The molecular formula is C84H52OS. The fourth-order valence-electron chi connectivity index (χ4n) is 13.8. The van der Waals surface area contributed by atoms with Crippen LogP contribution >= 0.6 is 11.3 Å². The third-order valence-corrected chi connectivity index (χ3v) is 19.0. The van der Waals surface area contributed by atoms with E-state index in [4.69, 9.17) is 4.42 Å². The summed E-state index contributed by atoms with van der Waals surface area (Å²) in [4.78, 5) is 0. The van der Waals surface area contributed by atoms with Gasteiger partial charge in [-0.1, -0.05) is 291 Å². The van der Waals surface area contributed by atoms with Crippen LogP contribution in [0.3, 0.4) is 0 Å². The number of hydrogen-bond donors (Lipinski definition) is 0. The zero-order valence-electron chi connectivity index (χ0n) is 46.8. The standard InChI is InChI=1S/C48H30S.C36H22O/c1-2-13-36-31(11-1)12-9-19-37(36)32-23-27-34(28-24-32)46-40-15-3-5-17-42(40)47(43-18-6-4-16-41(43)46)35-29-25-33(26-30-35)38-20-10-21-44-39-14-7-8-22-45(39)49-48(38)44;1-2-13-29-27(11-1)28-12-3-4-14-30(28)34-22-24(19-20-31(29)34)23-9-7-10-25(21-23)26-16-8-17-33-32-15-5-6-18-35(32)37-36(26)33/h1-30H;1-22H. The second kappa shape index (κ2) is 20.5. The van der Waals surface area contributed by atoms with Crippen LogP contribution in [0.1, 0.15) is 0 Å². The second-order valence-corrected chi connectivity index (χ2v) is 23.6. The Kier molecular flexibility index (Phi) is 11.8. The van der Waals surface area contributed by atoms with Crippen molar-refractivity contribution in [2.75, 3.05) is 0 Å². The van der Waals surface area contributed by atoms with Gasteiger partial charge in [-0.15, -0.1) is 11.3 Å². The summed E-state index contributed by atoms with van der Waals surface area (Å²) in [5.41, 5.74) is 16.6. The van der Waals surface area contributed by atoms with E-state index in [9.17, 15) is 0 Å². The molecule has 16 aromatic carbocycles. The van der Waals surface area contributed by atoms with Crippen LogP contribution < -0.4 is 0 Å². The molecule has 0 saturated carbocycles. The Balaban J connectivity index is 0.000000140. The fourth-order valence-corrected chi connectivity index (χ4v) is 15.0. The lowest BCUT2D eigenvalue weighted by Gasteiger charge is -2.18. The average Bonchev–Trinajstić information content (AvgIpc) is 1.30. The second-order valence-electron chi connectivity index (χ2n) is 22.5. The number of thiophene rings is 1. The molecule has 0 aliphatic heterocycles. The minimum atomic E-state index is 0.926. The molecule has 2 heteroatoms. The molecule has 0 aliphatic carbocycles. The van der Waals surface area contributed by atoms with Gasteiger partial charge in [-0.2, -0.15) is 0 Å². The molecule has 0 atom stereocenters. The van der Waals surface area contributed by atoms with E-state index in [0.29, 0.717) is 0 Å². The third kappa shape index (κ3) is 8.21. The van der Waals surface area contributed by atoms with Crippen LogP contribution in [0.2, 0.25) is 0 Å². The summed E-state index contributed by atoms with van der Waals surface area (Å²) >= 11 is 1.89. The summed E-state index contributed by atoms with van der Waals surface area (Å²) < 4.78 is 9.02. The Labute approximate surface area is 501 Å². The number of fused-ring (bicyclic) bond motifs is 15. The summed E-state index contributed by atoms with van der Waals surface area (Å²) in [5, 5.41) is 20.4. The molecule has 18 aromatic rings. The average molecular weight is 1110 g/mol. The smallest absolute Gasteiger partial charge is 0.143 e. The van der Waals surface area contributed by atoms with Gasteiger partial charge in [0.15, 0.2) is 0 Å². The van der Waals surface area contributed by atoms with Crippen molar-refractivity contribution in [3.05, 3.63) is 315 Å². The molecule has 0 radical (unpaired) electrons. The normalized spacial score (nSPS) is 11.7. The van der Waals surface area contributed by atoms with Crippen molar-refractivity contribution < 1.29 is 4.42 Å². The lowest BCUT2D eigenvalue weighted by molar-refractivity contribution is 0.670. The highest BCUT2D eigenvalue weighted by Gasteiger charge is 2.19. The minimum absolute atomic E-state index is 0.926. The number of furan rings is 1. The Morgan fingerprint density at radius 1 is 0.209 bits per heavy atom. The van der Waals surface area contributed by atoms with Gasteiger partial charge in [0.2, 0.25) is 0 Å². The molecule has 0 fully saturated rings. The van der Waals surface area contributed by atoms with Crippen molar-refractivity contribution in [3.63, 3.8) is 0 Å². The lowest BCUT2D eigenvalue weighted by atomic mass is 9.85. The zero-order chi connectivity index (χ0) is 56.7. The van der Waals surface area contributed by atoms with Gasteiger partial charge in [0.1, 0.15) is 11.2 Å². The highest BCUT2D eigenvalue weighted by atomic mass is 32.1. The van der Waals surface area contributed by atoms with Crippen LogP contribution in [-0.2, 0) is 0 Å². The highest BCUT2D eigenvalue weighted by molar-refractivity contribution is 7.26. The molecule has 0 amide bonds. The molecule has 18 rings (SSSR count). The van der Waals surface area contributed by atoms with Gasteiger partial charge in [-0.25, -0.2) is 0 Å². The van der Waals surface area contributed by atoms with Gasteiger partial charge >= 0.3 is 0 Å². The largest absolute Gasteiger partial charge is 0.455 e. The van der Waals surface area contributed by atoms with Crippen molar-refractivity contribution >= 4 is 118 Å². The molecule has 2 aromatic heterocycles. The molecule has 0 aliphatic rings. The zero-order valence-corrected chi connectivity index (χ0v) is 47.7. The summed E-state index contributed by atoms with van der Waals surface area (Å²) in [6.07, 6.45) is 0. The molecular weight excluding hydrogens is 1060 g/mol. The van der Waals surface area contributed by atoms with Crippen molar-refractivity contribution in [1.82, 2.24) is 0 Å². The van der Waals surface area contributed by atoms with Gasteiger partial charge in [-0.3, -0.25) is 0 Å². The Morgan fingerprint density at radius 2 is 0.616 bits per heavy atom. The van der Waals surface area contributed by atoms with E-state index >= 15 is 0 Å². The lowest BCUT2D eigenvalue weighted by Crippen LogP contribution is -1.91. The quantitative estimate of drug-likeness (QED) is 0.119. The number of rotatable bonds is 6. The maximum absolute atomic E-state index is 6.33. The first kappa shape index (κ1) is 49.7. The van der Waals surface area contributed by atoms with Crippen LogP contribution in [0.4, 0.5) is 0 Å². The number of benzene rings is 16. The molecule has 1 nitrogen and oxygen atoms in total. The predicted molar refractivity (Wildman–Crippen MR) is 371 cm³/mol. The summed E-state index contributed by atoms with van der Waals surface area (Å²) in [6.45, 7) is 0. The summed E-state index contributed by atoms with van der Waals surface area (Å²) in [7, 11) is 0. The van der Waals surface area contributed by atoms with Crippen LogP contribution in [0, 0.1) is 0 Å².